The Labute approximate surface area is 189 Å². The predicted octanol–water partition coefficient (Wildman–Crippen LogP) is -5.84. The zero-order valence-electron chi connectivity index (χ0n) is 17.9. The number of nitrogens with one attached hydrogen (secondary N) is 3. The number of hydrogen-bond acceptors (Lipinski definition) is 9. The third-order valence-electron chi connectivity index (χ3n) is 4.22. The molecule has 0 aromatic rings. The van der Waals surface area contributed by atoms with Crippen LogP contribution in [0, 0.1) is 0 Å². The van der Waals surface area contributed by atoms with Crippen LogP contribution in [0.1, 0.15) is 25.7 Å². The van der Waals surface area contributed by atoms with Gasteiger partial charge in [0, 0.05) is 13.0 Å². The number of guanidine groups is 1. The average molecular weight is 476 g/mol. The molecule has 0 aromatic heterocycles. The first-order valence-electron chi connectivity index (χ1n) is 9.87. The highest BCUT2D eigenvalue weighted by Gasteiger charge is 2.30. The summed E-state index contributed by atoms with van der Waals surface area (Å²) in [6, 6.07) is -5.61. The first kappa shape index (κ1) is 29.5. The second-order valence-corrected chi connectivity index (χ2v) is 6.95. The number of rotatable bonds is 16. The van der Waals surface area contributed by atoms with E-state index >= 15 is 0 Å². The Morgan fingerprint density at radius 3 is 1.82 bits per heavy atom. The third kappa shape index (κ3) is 12.2. The van der Waals surface area contributed by atoms with Crippen molar-refractivity contribution in [3.8, 4) is 0 Å². The van der Waals surface area contributed by atoms with Crippen LogP contribution in [0.5, 0.6) is 0 Å². The van der Waals surface area contributed by atoms with E-state index < -0.39 is 67.0 Å². The fourth-order valence-electron chi connectivity index (χ4n) is 2.42. The summed E-state index contributed by atoms with van der Waals surface area (Å²) >= 11 is 0. The normalized spacial score (nSPS) is 14.2. The number of aliphatic hydroxyl groups excluding tert-OH is 2. The Morgan fingerprint density at radius 1 is 0.788 bits per heavy atom. The lowest BCUT2D eigenvalue weighted by molar-refractivity contribution is -0.142. The van der Waals surface area contributed by atoms with Gasteiger partial charge in [0.15, 0.2) is 5.96 Å². The summed E-state index contributed by atoms with van der Waals surface area (Å²) < 4.78 is 0. The smallest absolute Gasteiger partial charge is 0.326 e. The summed E-state index contributed by atoms with van der Waals surface area (Å²) in [6.45, 7) is -1.46. The standard InChI is InChI=1S/C17H32N8O8/c18-8(6-26)13(29)25-11(7-27)15(31)23-9(2-1-5-22-17(20)21)14(30)24-10(16(32)33)3-4-12(19)28/h8-11,26-27H,1-7,18H2,(H2,19,28)(H,23,31)(H,24,30)(H,25,29)(H,32,33)(H4,20,21,22). The number of nitrogens with zero attached hydrogens (tertiary/aromatic N) is 1. The van der Waals surface area contributed by atoms with Crippen molar-refractivity contribution in [2.45, 2.75) is 49.9 Å². The third-order valence-corrected chi connectivity index (χ3v) is 4.22. The predicted molar refractivity (Wildman–Crippen MR) is 114 cm³/mol. The molecule has 0 aromatic carbocycles. The molecule has 0 saturated heterocycles. The van der Waals surface area contributed by atoms with Crippen molar-refractivity contribution in [2.24, 2.45) is 27.9 Å². The highest BCUT2D eigenvalue weighted by atomic mass is 16.4. The molecular formula is C17H32N8O8. The summed E-state index contributed by atoms with van der Waals surface area (Å²) in [7, 11) is 0. The van der Waals surface area contributed by atoms with Crippen molar-refractivity contribution in [3.05, 3.63) is 0 Å². The van der Waals surface area contributed by atoms with E-state index in [4.69, 9.17) is 28.0 Å². The van der Waals surface area contributed by atoms with Gasteiger partial charge in [0.2, 0.25) is 23.6 Å². The van der Waals surface area contributed by atoms with Crippen LogP contribution in [0.15, 0.2) is 4.99 Å². The summed E-state index contributed by atoms with van der Waals surface area (Å²) in [5, 5.41) is 34.2. The first-order chi connectivity index (χ1) is 15.4. The Kier molecular flexibility index (Phi) is 13.7. The van der Waals surface area contributed by atoms with E-state index in [1.165, 1.54) is 0 Å². The minimum Gasteiger partial charge on any atom is -0.480 e. The van der Waals surface area contributed by atoms with Crippen LogP contribution in [-0.4, -0.2) is 94.8 Å². The van der Waals surface area contributed by atoms with Crippen LogP contribution < -0.4 is 38.9 Å². The number of carboxylic acid groups (broad SMARTS) is 1. The molecular weight excluding hydrogens is 444 g/mol. The summed E-state index contributed by atoms with van der Waals surface area (Å²) in [4.78, 5) is 63.0. The van der Waals surface area contributed by atoms with Gasteiger partial charge in [0.05, 0.1) is 13.2 Å². The molecule has 0 bridgehead atoms. The lowest BCUT2D eigenvalue weighted by atomic mass is 10.1. The van der Waals surface area contributed by atoms with Crippen molar-refractivity contribution in [1.29, 1.82) is 0 Å². The highest BCUT2D eigenvalue weighted by molar-refractivity contribution is 5.94. The van der Waals surface area contributed by atoms with E-state index in [0.29, 0.717) is 0 Å². The van der Waals surface area contributed by atoms with Gasteiger partial charge in [-0.3, -0.25) is 24.2 Å². The van der Waals surface area contributed by atoms with Gasteiger partial charge >= 0.3 is 5.97 Å². The molecule has 188 valence electrons. The second-order valence-electron chi connectivity index (χ2n) is 6.95. The number of amides is 4. The van der Waals surface area contributed by atoms with Crippen molar-refractivity contribution in [1.82, 2.24) is 16.0 Å². The zero-order chi connectivity index (χ0) is 25.6. The second kappa shape index (κ2) is 15.3. The summed E-state index contributed by atoms with van der Waals surface area (Å²) in [5.41, 5.74) is 20.8. The Morgan fingerprint density at radius 2 is 1.33 bits per heavy atom. The number of primary amides is 1. The van der Waals surface area contributed by atoms with Gasteiger partial charge in [-0.25, -0.2) is 4.79 Å². The number of carbonyl (C=O) groups excluding carboxylic acids is 4. The number of aliphatic carboxylic acids is 1. The molecule has 16 nitrogen and oxygen atoms in total. The van der Waals surface area contributed by atoms with E-state index in [9.17, 15) is 34.2 Å². The van der Waals surface area contributed by atoms with Gasteiger partial charge in [-0.2, -0.15) is 0 Å². The Bertz CT molecular complexity index is 728. The van der Waals surface area contributed by atoms with Gasteiger partial charge in [-0.15, -0.1) is 0 Å². The van der Waals surface area contributed by atoms with E-state index in [1.807, 2.05) is 0 Å². The number of nitrogens with two attached hydrogens (primary N) is 4. The molecule has 0 heterocycles. The van der Waals surface area contributed by atoms with Gasteiger partial charge in [-0.1, -0.05) is 0 Å². The summed E-state index contributed by atoms with van der Waals surface area (Å²) in [5.74, 6) is -5.17. The van der Waals surface area contributed by atoms with Gasteiger partial charge in [0.25, 0.3) is 0 Å². The number of carboxylic acids is 1. The van der Waals surface area contributed by atoms with Crippen molar-refractivity contribution >= 4 is 35.6 Å². The lowest BCUT2D eigenvalue weighted by Gasteiger charge is -2.24. The zero-order valence-corrected chi connectivity index (χ0v) is 17.9. The molecule has 0 aliphatic carbocycles. The first-order valence-corrected chi connectivity index (χ1v) is 9.87. The molecule has 0 saturated carbocycles. The molecule has 4 amide bonds. The van der Waals surface area contributed by atoms with Gasteiger partial charge in [-0.05, 0) is 19.3 Å². The number of hydrogen-bond donors (Lipinski definition) is 10. The minimum atomic E-state index is -1.51. The largest absolute Gasteiger partial charge is 0.480 e. The van der Waals surface area contributed by atoms with Crippen LogP contribution >= 0.6 is 0 Å². The highest BCUT2D eigenvalue weighted by Crippen LogP contribution is 2.04. The molecule has 0 fully saturated rings. The van der Waals surface area contributed by atoms with Crippen LogP contribution in [-0.2, 0) is 24.0 Å². The van der Waals surface area contributed by atoms with Crippen molar-refractivity contribution in [2.75, 3.05) is 19.8 Å². The van der Waals surface area contributed by atoms with Crippen molar-refractivity contribution < 1.29 is 39.3 Å². The van der Waals surface area contributed by atoms with Gasteiger partial charge < -0.3 is 54.2 Å². The number of aliphatic hydroxyl groups is 2. The van der Waals surface area contributed by atoms with Gasteiger partial charge in [0.1, 0.15) is 24.2 Å². The molecule has 16 heteroatoms. The molecule has 4 atom stereocenters. The van der Waals surface area contributed by atoms with Crippen LogP contribution in [0.3, 0.4) is 0 Å². The molecule has 33 heavy (non-hydrogen) atoms. The van der Waals surface area contributed by atoms with Crippen molar-refractivity contribution in [3.63, 3.8) is 0 Å². The fraction of sp³-hybridized carbons (Fsp3) is 0.647. The van der Waals surface area contributed by atoms with Crippen LogP contribution in [0.2, 0.25) is 0 Å². The minimum absolute atomic E-state index is 0.0429. The maximum absolute atomic E-state index is 12.7. The number of carbonyl (C=O) groups is 5. The van der Waals surface area contributed by atoms with Crippen LogP contribution in [0.4, 0.5) is 0 Å². The monoisotopic (exact) mass is 476 g/mol. The SMILES string of the molecule is NC(=O)CCC(NC(=O)C(CCCN=C(N)N)NC(=O)C(CO)NC(=O)C(N)CO)C(=O)O. The van der Waals surface area contributed by atoms with E-state index in [0.717, 1.165) is 0 Å². The Hall–Kier alpha value is -3.50. The maximum atomic E-state index is 12.7. The maximum Gasteiger partial charge on any atom is 0.326 e. The molecule has 14 N–H and O–H groups in total. The fourth-order valence-corrected chi connectivity index (χ4v) is 2.42. The molecule has 0 aliphatic heterocycles. The van der Waals surface area contributed by atoms with E-state index in [1.54, 1.807) is 0 Å². The Balaban J connectivity index is 5.39. The molecule has 0 spiro atoms. The molecule has 0 radical (unpaired) electrons. The quantitative estimate of drug-likeness (QED) is 0.0568. The summed E-state index contributed by atoms with van der Waals surface area (Å²) in [6.07, 6.45) is -0.429. The number of aliphatic imine (C=N–C) groups is 1. The molecule has 0 rings (SSSR count). The van der Waals surface area contributed by atoms with Crippen LogP contribution in [0.25, 0.3) is 0 Å². The van der Waals surface area contributed by atoms with E-state index in [-0.39, 0.29) is 38.2 Å². The molecule has 0 aliphatic rings. The average Bonchev–Trinajstić information content (AvgIpc) is 2.75. The molecule has 4 unspecified atom stereocenters. The lowest BCUT2D eigenvalue weighted by Crippen LogP contribution is -2.58. The topological polar surface area (TPSA) is 299 Å². The van der Waals surface area contributed by atoms with E-state index in [2.05, 4.69) is 20.9 Å².